The number of nitrogens with zero attached hydrogens (tertiary/aromatic N) is 2. The molecular formula is C16H12ClFN2O. The Kier molecular flexibility index (Phi) is 3.71. The van der Waals surface area contributed by atoms with E-state index in [1.807, 2.05) is 0 Å². The Morgan fingerprint density at radius 3 is 2.76 bits per heavy atom. The van der Waals surface area contributed by atoms with Crippen molar-refractivity contribution in [3.8, 4) is 0 Å². The molecule has 0 aromatic heterocycles. The van der Waals surface area contributed by atoms with Gasteiger partial charge in [0.05, 0.1) is 17.9 Å². The molecule has 0 saturated carbocycles. The number of amides is 1. The van der Waals surface area contributed by atoms with Gasteiger partial charge in [0.2, 0.25) is 6.41 Å². The van der Waals surface area contributed by atoms with E-state index in [2.05, 4.69) is 4.99 Å². The van der Waals surface area contributed by atoms with Crippen molar-refractivity contribution >= 4 is 29.4 Å². The molecule has 1 heterocycles. The summed E-state index contributed by atoms with van der Waals surface area (Å²) in [4.78, 5) is 17.2. The van der Waals surface area contributed by atoms with Gasteiger partial charge in [-0.3, -0.25) is 9.79 Å². The van der Waals surface area contributed by atoms with Crippen LogP contribution in [0.1, 0.15) is 11.1 Å². The fourth-order valence-corrected chi connectivity index (χ4v) is 2.59. The summed E-state index contributed by atoms with van der Waals surface area (Å²) in [6, 6.07) is 11.6. The summed E-state index contributed by atoms with van der Waals surface area (Å²) >= 11 is 6.06. The lowest BCUT2D eigenvalue weighted by molar-refractivity contribution is -0.107. The highest BCUT2D eigenvalue weighted by atomic mass is 35.5. The van der Waals surface area contributed by atoms with Gasteiger partial charge in [0.25, 0.3) is 0 Å². The summed E-state index contributed by atoms with van der Waals surface area (Å²) in [5.41, 5.74) is 2.29. The maximum atomic E-state index is 14.1. The number of aliphatic imine (C=N–C) groups is 1. The van der Waals surface area contributed by atoms with E-state index >= 15 is 0 Å². The van der Waals surface area contributed by atoms with E-state index in [1.165, 1.54) is 6.07 Å². The van der Waals surface area contributed by atoms with Gasteiger partial charge in [-0.1, -0.05) is 23.7 Å². The Balaban J connectivity index is 2.22. The van der Waals surface area contributed by atoms with E-state index in [0.717, 1.165) is 6.41 Å². The molecule has 1 aliphatic rings. The SMILES string of the molecule is O=CN1CCN=C(c2ccccc2F)c2cc(Cl)ccc21. The van der Waals surface area contributed by atoms with Gasteiger partial charge in [0.1, 0.15) is 5.82 Å². The lowest BCUT2D eigenvalue weighted by Gasteiger charge is -2.18. The topological polar surface area (TPSA) is 32.7 Å². The lowest BCUT2D eigenvalue weighted by atomic mass is 10.00. The number of benzodiazepines with no additional fused rings is 1. The first-order valence-electron chi connectivity index (χ1n) is 6.52. The Hall–Kier alpha value is -2.20. The molecular weight excluding hydrogens is 291 g/mol. The van der Waals surface area contributed by atoms with Crippen molar-refractivity contribution in [2.24, 2.45) is 4.99 Å². The van der Waals surface area contributed by atoms with Gasteiger partial charge in [-0.15, -0.1) is 0 Å². The molecule has 0 atom stereocenters. The quantitative estimate of drug-likeness (QED) is 0.784. The van der Waals surface area contributed by atoms with E-state index in [0.29, 0.717) is 40.6 Å². The van der Waals surface area contributed by atoms with Crippen LogP contribution in [0.4, 0.5) is 10.1 Å². The number of carbonyl (C=O) groups excluding carboxylic acids is 1. The summed E-state index contributed by atoms with van der Waals surface area (Å²) in [5.74, 6) is -0.346. The predicted molar refractivity (Wildman–Crippen MR) is 81.8 cm³/mol. The summed E-state index contributed by atoms with van der Waals surface area (Å²) in [5, 5.41) is 0.519. The summed E-state index contributed by atoms with van der Waals surface area (Å²) in [6.07, 6.45) is 0.756. The third-order valence-corrected chi connectivity index (χ3v) is 3.63. The Labute approximate surface area is 126 Å². The number of hydrogen-bond acceptors (Lipinski definition) is 2. The fourth-order valence-electron chi connectivity index (χ4n) is 2.42. The van der Waals surface area contributed by atoms with E-state index in [-0.39, 0.29) is 5.82 Å². The first-order chi connectivity index (χ1) is 10.2. The molecule has 0 aliphatic carbocycles. The average molecular weight is 303 g/mol. The number of rotatable bonds is 2. The van der Waals surface area contributed by atoms with E-state index in [1.54, 1.807) is 41.3 Å². The fraction of sp³-hybridized carbons (Fsp3) is 0.125. The molecule has 3 rings (SSSR count). The number of hydrogen-bond donors (Lipinski definition) is 0. The number of fused-ring (bicyclic) bond motifs is 1. The third kappa shape index (κ3) is 2.54. The van der Waals surface area contributed by atoms with Gasteiger partial charge in [0, 0.05) is 22.7 Å². The van der Waals surface area contributed by atoms with Crippen LogP contribution in [-0.4, -0.2) is 25.2 Å². The zero-order chi connectivity index (χ0) is 14.8. The normalized spacial score (nSPS) is 14.2. The Bertz CT molecular complexity index is 730. The molecule has 2 aromatic carbocycles. The maximum absolute atomic E-state index is 14.1. The predicted octanol–water partition coefficient (Wildman–Crippen LogP) is 3.29. The van der Waals surface area contributed by atoms with Gasteiger partial charge >= 0.3 is 0 Å². The van der Waals surface area contributed by atoms with Crippen LogP contribution in [0.3, 0.4) is 0 Å². The van der Waals surface area contributed by atoms with Crippen molar-refractivity contribution in [2.45, 2.75) is 0 Å². The minimum absolute atomic E-state index is 0.346. The van der Waals surface area contributed by atoms with Gasteiger partial charge in [-0.25, -0.2) is 4.39 Å². The van der Waals surface area contributed by atoms with Crippen molar-refractivity contribution in [3.63, 3.8) is 0 Å². The molecule has 2 aromatic rings. The molecule has 106 valence electrons. The molecule has 21 heavy (non-hydrogen) atoms. The van der Waals surface area contributed by atoms with E-state index < -0.39 is 0 Å². The van der Waals surface area contributed by atoms with Crippen molar-refractivity contribution < 1.29 is 9.18 Å². The molecule has 0 fully saturated rings. The maximum Gasteiger partial charge on any atom is 0.214 e. The van der Waals surface area contributed by atoms with Gasteiger partial charge in [0.15, 0.2) is 0 Å². The smallest absolute Gasteiger partial charge is 0.214 e. The van der Waals surface area contributed by atoms with Crippen LogP contribution in [0.5, 0.6) is 0 Å². The van der Waals surface area contributed by atoms with Crippen LogP contribution in [0, 0.1) is 5.82 Å². The van der Waals surface area contributed by atoms with Crippen LogP contribution in [0.15, 0.2) is 47.5 Å². The van der Waals surface area contributed by atoms with Crippen molar-refractivity contribution in [3.05, 3.63) is 64.4 Å². The van der Waals surface area contributed by atoms with Gasteiger partial charge in [-0.05, 0) is 30.3 Å². The van der Waals surface area contributed by atoms with E-state index in [4.69, 9.17) is 11.6 Å². The second-order valence-electron chi connectivity index (χ2n) is 4.67. The van der Waals surface area contributed by atoms with Gasteiger partial charge < -0.3 is 4.90 Å². The second kappa shape index (κ2) is 5.66. The largest absolute Gasteiger partial charge is 0.312 e. The third-order valence-electron chi connectivity index (χ3n) is 3.39. The van der Waals surface area contributed by atoms with Crippen LogP contribution in [-0.2, 0) is 4.79 Å². The van der Waals surface area contributed by atoms with Crippen molar-refractivity contribution in [1.29, 1.82) is 0 Å². The standard InChI is InChI=1S/C16H12ClFN2O/c17-11-5-6-15-13(9-11)16(19-7-8-20(15)10-21)12-3-1-2-4-14(12)18/h1-6,9-10H,7-8H2. The second-order valence-corrected chi connectivity index (χ2v) is 5.11. The molecule has 5 heteroatoms. The molecule has 0 bridgehead atoms. The minimum atomic E-state index is -0.346. The first kappa shape index (κ1) is 13.8. The number of benzene rings is 2. The average Bonchev–Trinajstić information content (AvgIpc) is 2.66. The molecule has 3 nitrogen and oxygen atoms in total. The number of carbonyl (C=O) groups is 1. The summed E-state index contributed by atoms with van der Waals surface area (Å²) in [6.45, 7) is 0.866. The van der Waals surface area contributed by atoms with Crippen LogP contribution >= 0.6 is 11.6 Å². The van der Waals surface area contributed by atoms with E-state index in [9.17, 15) is 9.18 Å². The molecule has 1 amide bonds. The lowest BCUT2D eigenvalue weighted by Crippen LogP contribution is -2.24. The van der Waals surface area contributed by atoms with Crippen LogP contribution in [0.2, 0.25) is 5.02 Å². The van der Waals surface area contributed by atoms with Crippen molar-refractivity contribution in [1.82, 2.24) is 0 Å². The van der Waals surface area contributed by atoms with Crippen LogP contribution < -0.4 is 4.90 Å². The zero-order valence-corrected chi connectivity index (χ0v) is 11.8. The number of anilines is 1. The molecule has 0 spiro atoms. The summed E-state index contributed by atoms with van der Waals surface area (Å²) < 4.78 is 14.1. The Morgan fingerprint density at radius 2 is 2.00 bits per heavy atom. The highest BCUT2D eigenvalue weighted by molar-refractivity contribution is 6.31. The van der Waals surface area contributed by atoms with Crippen molar-refractivity contribution in [2.75, 3.05) is 18.0 Å². The Morgan fingerprint density at radius 1 is 1.19 bits per heavy atom. The highest BCUT2D eigenvalue weighted by Crippen LogP contribution is 2.29. The zero-order valence-electron chi connectivity index (χ0n) is 11.1. The number of halogens is 2. The first-order valence-corrected chi connectivity index (χ1v) is 6.89. The molecule has 0 N–H and O–H groups in total. The molecule has 0 saturated heterocycles. The monoisotopic (exact) mass is 302 g/mol. The molecule has 0 radical (unpaired) electrons. The van der Waals surface area contributed by atoms with Crippen LogP contribution in [0.25, 0.3) is 0 Å². The minimum Gasteiger partial charge on any atom is -0.312 e. The highest BCUT2D eigenvalue weighted by Gasteiger charge is 2.21. The van der Waals surface area contributed by atoms with Gasteiger partial charge in [-0.2, -0.15) is 0 Å². The summed E-state index contributed by atoms with van der Waals surface area (Å²) in [7, 11) is 0. The molecule has 1 aliphatic heterocycles. The molecule has 0 unspecified atom stereocenters.